The highest BCUT2D eigenvalue weighted by molar-refractivity contribution is 6.62. The van der Waals surface area contributed by atoms with Gasteiger partial charge in [-0.1, -0.05) is 0 Å². The first kappa shape index (κ1) is 13.2. The van der Waals surface area contributed by atoms with Crippen LogP contribution in [0.15, 0.2) is 12.1 Å². The summed E-state index contributed by atoms with van der Waals surface area (Å²) in [6.07, 6.45) is 0. The lowest BCUT2D eigenvalue weighted by Gasteiger charge is -2.32. The maximum atomic E-state index is 13.9. The summed E-state index contributed by atoms with van der Waals surface area (Å²) in [5.74, 6) is -0.472. The molecule has 0 spiro atoms. The highest BCUT2D eigenvalue weighted by Gasteiger charge is 2.52. The van der Waals surface area contributed by atoms with Crippen LogP contribution in [-0.4, -0.2) is 18.3 Å². The highest BCUT2D eigenvalue weighted by Crippen LogP contribution is 2.36. The first-order valence-electron chi connectivity index (χ1n) is 5.84. The Hall–Kier alpha value is -1.27. The van der Waals surface area contributed by atoms with Crippen molar-refractivity contribution in [2.24, 2.45) is 0 Å². The molecule has 18 heavy (non-hydrogen) atoms. The van der Waals surface area contributed by atoms with Gasteiger partial charge >= 0.3 is 7.12 Å². The van der Waals surface area contributed by atoms with Gasteiger partial charge in [-0.2, -0.15) is 0 Å². The molecule has 0 bridgehead atoms. The second-order valence-electron chi connectivity index (χ2n) is 5.59. The summed E-state index contributed by atoms with van der Waals surface area (Å²) >= 11 is 0. The molecular weight excluding hydrogens is 234 g/mol. The maximum Gasteiger partial charge on any atom is 0.497 e. The normalized spacial score (nSPS) is 21.3. The molecule has 0 radical (unpaired) electrons. The molecule has 4 nitrogen and oxygen atoms in total. The Morgan fingerprint density at radius 2 is 1.44 bits per heavy atom. The molecule has 1 aromatic carbocycles. The SMILES string of the molecule is CC1(C)OB(c2cc(N)c(N)cc2F)OC1(C)C. The van der Waals surface area contributed by atoms with Gasteiger partial charge in [0.05, 0.1) is 22.6 Å². The van der Waals surface area contributed by atoms with E-state index in [-0.39, 0.29) is 11.2 Å². The second kappa shape index (κ2) is 3.86. The number of hydrogen-bond donors (Lipinski definition) is 2. The van der Waals surface area contributed by atoms with E-state index in [0.29, 0.717) is 5.69 Å². The van der Waals surface area contributed by atoms with Crippen LogP contribution in [-0.2, 0) is 9.31 Å². The number of halogens is 1. The molecule has 6 heteroatoms. The third-order valence-corrected chi connectivity index (χ3v) is 3.71. The van der Waals surface area contributed by atoms with Crippen molar-refractivity contribution in [3.63, 3.8) is 0 Å². The Labute approximate surface area is 107 Å². The zero-order valence-electron chi connectivity index (χ0n) is 11.1. The molecule has 1 aliphatic heterocycles. The van der Waals surface area contributed by atoms with Crippen molar-refractivity contribution in [3.8, 4) is 0 Å². The van der Waals surface area contributed by atoms with Crippen molar-refractivity contribution in [1.29, 1.82) is 0 Å². The monoisotopic (exact) mass is 252 g/mol. The minimum atomic E-state index is -0.766. The van der Waals surface area contributed by atoms with Crippen molar-refractivity contribution in [3.05, 3.63) is 17.9 Å². The Bertz CT molecular complexity index is 475. The fourth-order valence-corrected chi connectivity index (χ4v) is 1.77. The molecule has 0 saturated carbocycles. The topological polar surface area (TPSA) is 70.5 Å². The minimum absolute atomic E-state index is 0.216. The summed E-state index contributed by atoms with van der Waals surface area (Å²) < 4.78 is 25.4. The fraction of sp³-hybridized carbons (Fsp3) is 0.500. The summed E-state index contributed by atoms with van der Waals surface area (Å²) in [4.78, 5) is 0. The molecule has 2 rings (SSSR count). The number of nitrogens with two attached hydrogens (primary N) is 2. The van der Waals surface area contributed by atoms with Crippen LogP contribution < -0.4 is 16.9 Å². The summed E-state index contributed by atoms with van der Waals surface area (Å²) in [6, 6.07) is 2.66. The first-order valence-corrected chi connectivity index (χ1v) is 5.84. The minimum Gasteiger partial charge on any atom is -0.399 e. The van der Waals surface area contributed by atoms with Crippen LogP contribution >= 0.6 is 0 Å². The molecule has 0 aromatic heterocycles. The van der Waals surface area contributed by atoms with Crippen LogP contribution in [0.25, 0.3) is 0 Å². The van der Waals surface area contributed by atoms with E-state index in [1.807, 2.05) is 27.7 Å². The van der Waals surface area contributed by atoms with Crippen molar-refractivity contribution in [1.82, 2.24) is 0 Å². The predicted octanol–water partition coefficient (Wildman–Crippen LogP) is 1.29. The molecule has 98 valence electrons. The van der Waals surface area contributed by atoms with Crippen molar-refractivity contribution >= 4 is 24.0 Å². The summed E-state index contributed by atoms with van der Waals surface area (Å²) in [5, 5.41) is 0. The van der Waals surface area contributed by atoms with Gasteiger partial charge in [-0.15, -0.1) is 0 Å². The quantitative estimate of drug-likeness (QED) is 0.583. The zero-order valence-corrected chi connectivity index (χ0v) is 11.1. The van der Waals surface area contributed by atoms with Gasteiger partial charge in [-0.25, -0.2) is 4.39 Å². The molecule has 1 aliphatic rings. The molecule has 1 heterocycles. The van der Waals surface area contributed by atoms with Crippen LogP contribution in [0.2, 0.25) is 0 Å². The summed E-state index contributed by atoms with van der Waals surface area (Å²) in [7, 11) is -0.766. The molecule has 0 aliphatic carbocycles. The van der Waals surface area contributed by atoms with Crippen molar-refractivity contribution in [2.45, 2.75) is 38.9 Å². The average molecular weight is 252 g/mol. The van der Waals surface area contributed by atoms with E-state index in [4.69, 9.17) is 20.8 Å². The van der Waals surface area contributed by atoms with Gasteiger partial charge in [0.2, 0.25) is 0 Å². The van der Waals surface area contributed by atoms with Crippen LogP contribution in [0.3, 0.4) is 0 Å². The van der Waals surface area contributed by atoms with Crippen LogP contribution in [0.4, 0.5) is 15.8 Å². The van der Waals surface area contributed by atoms with Gasteiger partial charge in [0, 0.05) is 5.46 Å². The molecular formula is C12H18BFN2O2. The molecule has 1 fully saturated rings. The number of rotatable bonds is 1. The van der Waals surface area contributed by atoms with E-state index in [2.05, 4.69) is 0 Å². The Kier molecular flexibility index (Phi) is 2.83. The van der Waals surface area contributed by atoms with Gasteiger partial charge in [0.1, 0.15) is 5.82 Å². The third-order valence-electron chi connectivity index (χ3n) is 3.71. The summed E-state index contributed by atoms with van der Waals surface area (Å²) in [5.41, 5.74) is 11.0. The largest absolute Gasteiger partial charge is 0.497 e. The smallest absolute Gasteiger partial charge is 0.399 e. The van der Waals surface area contributed by atoms with E-state index in [1.165, 1.54) is 12.1 Å². The first-order chi connectivity index (χ1) is 8.14. The van der Waals surface area contributed by atoms with Gasteiger partial charge < -0.3 is 20.8 Å². The molecule has 0 amide bonds. The van der Waals surface area contributed by atoms with Crippen LogP contribution in [0.5, 0.6) is 0 Å². The standard InChI is InChI=1S/C12H18BFN2O2/c1-11(2)12(3,4)18-13(17-11)7-5-9(15)10(16)6-8(7)14/h5-6H,15-16H2,1-4H3. The van der Waals surface area contributed by atoms with E-state index in [0.717, 1.165) is 0 Å². The lowest BCUT2D eigenvalue weighted by atomic mass is 9.78. The molecule has 0 atom stereocenters. The fourth-order valence-electron chi connectivity index (χ4n) is 1.77. The molecule has 4 N–H and O–H groups in total. The Morgan fingerprint density at radius 1 is 1.00 bits per heavy atom. The Balaban J connectivity index is 2.38. The Morgan fingerprint density at radius 3 is 1.94 bits per heavy atom. The van der Waals surface area contributed by atoms with E-state index in [1.54, 1.807) is 0 Å². The predicted molar refractivity (Wildman–Crippen MR) is 70.9 cm³/mol. The lowest BCUT2D eigenvalue weighted by Crippen LogP contribution is -2.41. The van der Waals surface area contributed by atoms with E-state index < -0.39 is 24.1 Å². The van der Waals surface area contributed by atoms with E-state index in [9.17, 15) is 4.39 Å². The van der Waals surface area contributed by atoms with Gasteiger partial charge in [-0.3, -0.25) is 0 Å². The van der Waals surface area contributed by atoms with Crippen molar-refractivity contribution in [2.75, 3.05) is 11.5 Å². The van der Waals surface area contributed by atoms with Gasteiger partial charge in [-0.05, 0) is 39.8 Å². The average Bonchev–Trinajstić information content (AvgIpc) is 2.42. The molecule has 0 unspecified atom stereocenters. The second-order valence-corrected chi connectivity index (χ2v) is 5.59. The van der Waals surface area contributed by atoms with Crippen LogP contribution in [0.1, 0.15) is 27.7 Å². The number of nitrogen functional groups attached to an aromatic ring is 2. The number of hydrogen-bond acceptors (Lipinski definition) is 4. The van der Waals surface area contributed by atoms with Gasteiger partial charge in [0.15, 0.2) is 0 Å². The maximum absolute atomic E-state index is 13.9. The molecule has 1 aromatic rings. The molecule has 1 saturated heterocycles. The number of anilines is 2. The third kappa shape index (κ3) is 1.95. The zero-order chi connectivity index (χ0) is 13.7. The van der Waals surface area contributed by atoms with E-state index >= 15 is 0 Å². The summed E-state index contributed by atoms with van der Waals surface area (Å²) in [6.45, 7) is 7.63. The van der Waals surface area contributed by atoms with Gasteiger partial charge in [0.25, 0.3) is 0 Å². The lowest BCUT2D eigenvalue weighted by molar-refractivity contribution is 0.00578. The number of benzene rings is 1. The van der Waals surface area contributed by atoms with Crippen LogP contribution in [0, 0.1) is 5.82 Å². The highest BCUT2D eigenvalue weighted by atomic mass is 19.1. The van der Waals surface area contributed by atoms with Crippen molar-refractivity contribution < 1.29 is 13.7 Å².